The van der Waals surface area contributed by atoms with Crippen LogP contribution in [0.3, 0.4) is 0 Å². The molecule has 0 aliphatic rings. The number of likely N-dealkylation sites (N-methyl/N-ethyl adjacent to an activating group) is 1. The fourth-order valence-corrected chi connectivity index (χ4v) is 2.69. The highest BCUT2D eigenvalue weighted by Crippen LogP contribution is 2.34. The summed E-state index contributed by atoms with van der Waals surface area (Å²) in [6.45, 7) is 4.11. The van der Waals surface area contributed by atoms with Gasteiger partial charge in [-0.3, -0.25) is 0 Å². The molecule has 1 aromatic carbocycles. The van der Waals surface area contributed by atoms with Crippen molar-refractivity contribution in [1.82, 2.24) is 5.32 Å². The van der Waals surface area contributed by atoms with Gasteiger partial charge >= 0.3 is 0 Å². The van der Waals surface area contributed by atoms with Crippen molar-refractivity contribution in [2.75, 3.05) is 7.05 Å². The van der Waals surface area contributed by atoms with Crippen molar-refractivity contribution in [2.45, 2.75) is 26.3 Å². The minimum Gasteiger partial charge on any atom is -0.461 e. The Labute approximate surface area is 127 Å². The van der Waals surface area contributed by atoms with E-state index in [4.69, 9.17) is 16.0 Å². The van der Waals surface area contributed by atoms with Gasteiger partial charge in [-0.2, -0.15) is 0 Å². The van der Waals surface area contributed by atoms with Crippen molar-refractivity contribution in [3.8, 4) is 11.3 Å². The quantitative estimate of drug-likeness (QED) is 0.861. The average Bonchev–Trinajstić information content (AvgIpc) is 2.82. The molecule has 1 atom stereocenters. The van der Waals surface area contributed by atoms with Gasteiger partial charge in [0.25, 0.3) is 0 Å². The first kappa shape index (κ1) is 14.6. The molecule has 4 heteroatoms. The molecule has 1 heterocycles. The van der Waals surface area contributed by atoms with Crippen LogP contribution in [0.15, 0.2) is 33.2 Å². The van der Waals surface area contributed by atoms with Crippen molar-refractivity contribution in [3.63, 3.8) is 0 Å². The Morgan fingerprint density at radius 3 is 2.79 bits per heavy atom. The first-order chi connectivity index (χ1) is 9.01. The molecular weight excluding hydrogens is 326 g/mol. The van der Waals surface area contributed by atoms with E-state index < -0.39 is 0 Å². The topological polar surface area (TPSA) is 25.2 Å². The minimum atomic E-state index is 0.393. The molecule has 0 spiro atoms. The first-order valence-electron chi connectivity index (χ1n) is 6.23. The second-order valence-corrected chi connectivity index (χ2v) is 6.00. The van der Waals surface area contributed by atoms with Gasteiger partial charge in [-0.1, -0.05) is 27.5 Å². The summed E-state index contributed by atoms with van der Waals surface area (Å²) in [6.07, 6.45) is 0.869. The Balaban J connectivity index is 2.30. The molecule has 2 aromatic rings. The van der Waals surface area contributed by atoms with Gasteiger partial charge in [0, 0.05) is 27.5 Å². The Kier molecular flexibility index (Phi) is 4.71. The highest BCUT2D eigenvalue weighted by Gasteiger charge is 2.12. The molecule has 1 N–H and O–H groups in total. The highest BCUT2D eigenvalue weighted by molar-refractivity contribution is 9.10. The summed E-state index contributed by atoms with van der Waals surface area (Å²) >= 11 is 9.74. The number of nitrogens with one attached hydrogen (secondary N) is 1. The molecule has 102 valence electrons. The van der Waals surface area contributed by atoms with Crippen LogP contribution in [-0.2, 0) is 6.42 Å². The molecule has 19 heavy (non-hydrogen) atoms. The van der Waals surface area contributed by atoms with E-state index in [-0.39, 0.29) is 0 Å². The van der Waals surface area contributed by atoms with Crippen LogP contribution in [0.1, 0.15) is 18.2 Å². The molecule has 2 nitrogen and oxygen atoms in total. The molecule has 2 rings (SSSR count). The summed E-state index contributed by atoms with van der Waals surface area (Å²) in [5.74, 6) is 1.81. The standard InChI is InChI=1S/C15H17BrClNO/c1-9-6-13(16)12(8-14(9)17)15-5-4-11(19-15)7-10(2)18-3/h4-6,8,10,18H,7H2,1-3H3. The van der Waals surface area contributed by atoms with Crippen LogP contribution >= 0.6 is 27.5 Å². The van der Waals surface area contributed by atoms with Gasteiger partial charge in [0.1, 0.15) is 11.5 Å². The smallest absolute Gasteiger partial charge is 0.135 e. The summed E-state index contributed by atoms with van der Waals surface area (Å²) in [6, 6.07) is 8.35. The summed E-state index contributed by atoms with van der Waals surface area (Å²) in [5, 5.41) is 3.95. The number of hydrogen-bond donors (Lipinski definition) is 1. The molecular formula is C15H17BrClNO. The van der Waals surface area contributed by atoms with Crippen molar-refractivity contribution in [3.05, 3.63) is 45.1 Å². The van der Waals surface area contributed by atoms with Crippen LogP contribution in [0.4, 0.5) is 0 Å². The fraction of sp³-hybridized carbons (Fsp3) is 0.333. The fourth-order valence-electron chi connectivity index (χ4n) is 1.87. The predicted octanol–water partition coefficient (Wildman–Crippen LogP) is 4.82. The number of furan rings is 1. The van der Waals surface area contributed by atoms with E-state index >= 15 is 0 Å². The summed E-state index contributed by atoms with van der Waals surface area (Å²) < 4.78 is 6.89. The minimum absolute atomic E-state index is 0.393. The van der Waals surface area contributed by atoms with Gasteiger partial charge in [0.05, 0.1) is 0 Å². The van der Waals surface area contributed by atoms with Gasteiger partial charge in [-0.15, -0.1) is 0 Å². The SMILES string of the molecule is CNC(C)Cc1ccc(-c2cc(Cl)c(C)cc2Br)o1. The zero-order chi connectivity index (χ0) is 14.0. The Bertz CT molecular complexity index is 580. The maximum absolute atomic E-state index is 6.18. The number of rotatable bonds is 4. The maximum atomic E-state index is 6.18. The molecule has 1 unspecified atom stereocenters. The van der Waals surface area contributed by atoms with Crippen LogP contribution < -0.4 is 5.32 Å². The molecule has 1 aromatic heterocycles. The molecule has 0 radical (unpaired) electrons. The lowest BCUT2D eigenvalue weighted by molar-refractivity contribution is 0.481. The number of halogens is 2. The van der Waals surface area contributed by atoms with Gasteiger partial charge in [-0.25, -0.2) is 0 Å². The second kappa shape index (κ2) is 6.12. The normalized spacial score (nSPS) is 12.7. The van der Waals surface area contributed by atoms with E-state index in [9.17, 15) is 0 Å². The molecule has 0 bridgehead atoms. The Morgan fingerprint density at radius 2 is 2.11 bits per heavy atom. The monoisotopic (exact) mass is 341 g/mol. The van der Waals surface area contributed by atoms with Gasteiger partial charge in [-0.05, 0) is 50.7 Å². The van der Waals surface area contributed by atoms with Crippen LogP contribution in [-0.4, -0.2) is 13.1 Å². The van der Waals surface area contributed by atoms with Crippen molar-refractivity contribution < 1.29 is 4.42 Å². The molecule has 0 aliphatic carbocycles. The predicted molar refractivity (Wildman–Crippen MR) is 83.8 cm³/mol. The van der Waals surface area contributed by atoms with Gasteiger partial charge < -0.3 is 9.73 Å². The van der Waals surface area contributed by atoms with Crippen LogP contribution in [0.25, 0.3) is 11.3 Å². The average molecular weight is 343 g/mol. The largest absolute Gasteiger partial charge is 0.461 e. The molecule has 0 aliphatic heterocycles. The van der Waals surface area contributed by atoms with Crippen molar-refractivity contribution in [1.29, 1.82) is 0 Å². The number of benzene rings is 1. The van der Waals surface area contributed by atoms with E-state index in [2.05, 4.69) is 28.2 Å². The summed E-state index contributed by atoms with van der Waals surface area (Å²) in [4.78, 5) is 0. The van der Waals surface area contributed by atoms with Crippen LogP contribution in [0.2, 0.25) is 5.02 Å². The van der Waals surface area contributed by atoms with Gasteiger partial charge in [0.2, 0.25) is 0 Å². The van der Waals surface area contributed by atoms with Crippen LogP contribution in [0, 0.1) is 6.92 Å². The lowest BCUT2D eigenvalue weighted by Gasteiger charge is -2.07. The van der Waals surface area contributed by atoms with Crippen LogP contribution in [0.5, 0.6) is 0 Å². The highest BCUT2D eigenvalue weighted by atomic mass is 79.9. The lowest BCUT2D eigenvalue weighted by atomic mass is 10.1. The maximum Gasteiger partial charge on any atom is 0.135 e. The third kappa shape index (κ3) is 3.41. The van der Waals surface area contributed by atoms with Crippen molar-refractivity contribution >= 4 is 27.5 Å². The Morgan fingerprint density at radius 1 is 1.37 bits per heavy atom. The first-order valence-corrected chi connectivity index (χ1v) is 7.40. The zero-order valence-electron chi connectivity index (χ0n) is 11.3. The third-order valence-corrected chi connectivity index (χ3v) is 4.24. The Hall–Kier alpha value is -0.770. The van der Waals surface area contributed by atoms with E-state index in [1.54, 1.807) is 0 Å². The summed E-state index contributed by atoms with van der Waals surface area (Å²) in [5.41, 5.74) is 2.03. The van der Waals surface area contributed by atoms with Gasteiger partial charge in [0.15, 0.2) is 0 Å². The summed E-state index contributed by atoms with van der Waals surface area (Å²) in [7, 11) is 1.95. The van der Waals surface area contributed by atoms with E-state index in [1.807, 2.05) is 38.2 Å². The number of aryl methyl sites for hydroxylation is 1. The second-order valence-electron chi connectivity index (χ2n) is 4.74. The third-order valence-electron chi connectivity index (χ3n) is 3.18. The van der Waals surface area contributed by atoms with E-state index in [0.29, 0.717) is 6.04 Å². The lowest BCUT2D eigenvalue weighted by Crippen LogP contribution is -2.23. The molecule has 0 saturated heterocycles. The van der Waals surface area contributed by atoms with Crippen molar-refractivity contribution in [2.24, 2.45) is 0 Å². The zero-order valence-corrected chi connectivity index (χ0v) is 13.6. The molecule has 0 fully saturated rings. The number of hydrogen-bond acceptors (Lipinski definition) is 2. The molecule has 0 saturated carbocycles. The van der Waals surface area contributed by atoms with E-state index in [0.717, 1.165) is 38.6 Å². The van der Waals surface area contributed by atoms with E-state index in [1.165, 1.54) is 0 Å². The molecule has 0 amide bonds.